The van der Waals surface area contributed by atoms with Gasteiger partial charge < -0.3 is 20.1 Å². The summed E-state index contributed by atoms with van der Waals surface area (Å²) in [6.07, 6.45) is 6.73. The molecule has 38 heavy (non-hydrogen) atoms. The first kappa shape index (κ1) is 24.1. The fraction of sp³-hybridized carbons (Fsp3) is 0.179. The van der Waals surface area contributed by atoms with Crippen molar-refractivity contribution in [3.05, 3.63) is 89.2 Å². The van der Waals surface area contributed by atoms with E-state index in [1.165, 1.54) is 0 Å². The summed E-state index contributed by atoms with van der Waals surface area (Å²) in [5, 5.41) is 11.4. The maximum atomic E-state index is 12.8. The Labute approximate surface area is 225 Å². The number of rotatable bonds is 6. The minimum absolute atomic E-state index is 0.146. The maximum Gasteiger partial charge on any atom is 0.269 e. The van der Waals surface area contributed by atoms with Crippen molar-refractivity contribution >= 4 is 53.5 Å². The van der Waals surface area contributed by atoms with Crippen LogP contribution in [0.5, 0.6) is 11.5 Å². The van der Waals surface area contributed by atoms with Crippen LogP contribution in [0.1, 0.15) is 24.1 Å². The third-order valence-corrected chi connectivity index (χ3v) is 6.70. The van der Waals surface area contributed by atoms with Gasteiger partial charge in [-0.3, -0.25) is 4.79 Å². The molecule has 0 saturated heterocycles. The molecule has 10 heteroatoms. The molecule has 1 amide bonds. The molecule has 2 radical (unpaired) electrons. The number of amides is 1. The van der Waals surface area contributed by atoms with Crippen molar-refractivity contribution in [2.24, 2.45) is 0 Å². The molecule has 4 aromatic rings. The van der Waals surface area contributed by atoms with Gasteiger partial charge in [-0.15, -0.1) is 0 Å². The highest BCUT2D eigenvalue weighted by atomic mass is 35.5. The van der Waals surface area contributed by atoms with Crippen molar-refractivity contribution in [2.75, 3.05) is 17.2 Å². The van der Waals surface area contributed by atoms with Gasteiger partial charge in [0.05, 0.1) is 5.69 Å². The first-order valence-corrected chi connectivity index (χ1v) is 12.7. The second-order valence-electron chi connectivity index (χ2n) is 9.02. The van der Waals surface area contributed by atoms with Crippen molar-refractivity contribution in [3.63, 3.8) is 0 Å². The van der Waals surface area contributed by atoms with Gasteiger partial charge in [-0.25, -0.2) is 4.98 Å². The van der Waals surface area contributed by atoms with E-state index in [0.717, 1.165) is 35.5 Å². The average Bonchev–Trinajstić information content (AvgIpc) is 3.32. The normalized spacial score (nSPS) is 16.5. The molecule has 8 nitrogen and oxygen atoms in total. The largest absolute Gasteiger partial charge is 0.485 e. The lowest BCUT2D eigenvalue weighted by Gasteiger charge is -2.25. The Morgan fingerprint density at radius 3 is 2.82 bits per heavy atom. The number of allylic oxidation sites excluding steroid dienone is 4. The van der Waals surface area contributed by atoms with Gasteiger partial charge in [0, 0.05) is 35.1 Å². The number of ether oxygens (including phenoxy) is 2. The van der Waals surface area contributed by atoms with Crippen LogP contribution >= 0.6 is 11.6 Å². The lowest BCUT2D eigenvalue weighted by molar-refractivity contribution is -0.125. The average molecular weight is 524 g/mol. The molecule has 1 unspecified atom stereocenters. The van der Waals surface area contributed by atoms with Gasteiger partial charge in [0.1, 0.15) is 20.3 Å². The Morgan fingerprint density at radius 2 is 1.95 bits per heavy atom. The van der Waals surface area contributed by atoms with Gasteiger partial charge in [0.2, 0.25) is 6.10 Å². The number of nitrogens with one attached hydrogen (secondary N) is 2. The van der Waals surface area contributed by atoms with E-state index in [-0.39, 0.29) is 12.5 Å². The minimum Gasteiger partial charge on any atom is -0.485 e. The van der Waals surface area contributed by atoms with Crippen molar-refractivity contribution in [2.45, 2.75) is 25.5 Å². The minimum atomic E-state index is -0.740. The molecule has 0 spiro atoms. The van der Waals surface area contributed by atoms with E-state index in [9.17, 15) is 4.79 Å². The molecule has 0 bridgehead atoms. The Morgan fingerprint density at radius 1 is 1.11 bits per heavy atom. The fourth-order valence-electron chi connectivity index (χ4n) is 4.44. The second kappa shape index (κ2) is 10.3. The van der Waals surface area contributed by atoms with E-state index in [4.69, 9.17) is 33.9 Å². The summed E-state index contributed by atoms with van der Waals surface area (Å²) in [6, 6.07) is 16.8. The molecule has 2 aliphatic rings. The lowest BCUT2D eigenvalue weighted by atomic mass is 10.00. The van der Waals surface area contributed by atoms with E-state index in [0.29, 0.717) is 39.9 Å². The van der Waals surface area contributed by atoms with Gasteiger partial charge in [0.15, 0.2) is 17.1 Å². The zero-order chi connectivity index (χ0) is 26.1. The molecule has 1 aliphatic heterocycles. The number of hydrogen-bond donors (Lipinski definition) is 2. The van der Waals surface area contributed by atoms with Crippen LogP contribution < -0.4 is 25.6 Å². The van der Waals surface area contributed by atoms with Gasteiger partial charge in [-0.05, 0) is 48.1 Å². The molecule has 1 aliphatic carbocycles. The topological polar surface area (TPSA) is 89.8 Å². The zero-order valence-corrected chi connectivity index (χ0v) is 21.1. The zero-order valence-electron chi connectivity index (χ0n) is 20.4. The molecule has 2 N–H and O–H groups in total. The SMILES string of the molecule is [B]c1cnn2c(NCc3cccc(NC(=O)C4COc5ccccc5O4)c3)cc(C3=CCCC=C3Cl)nc12. The van der Waals surface area contributed by atoms with E-state index in [1.807, 2.05) is 54.6 Å². The molecule has 2 aromatic carbocycles. The number of carbonyl (C=O) groups excluding carboxylic acids is 1. The number of nitrogens with zero attached hydrogens (tertiary/aromatic N) is 3. The van der Waals surface area contributed by atoms with Crippen LogP contribution in [0.3, 0.4) is 0 Å². The number of aromatic nitrogens is 3. The molecule has 6 rings (SSSR count). The van der Waals surface area contributed by atoms with Gasteiger partial charge in [-0.2, -0.15) is 9.61 Å². The van der Waals surface area contributed by atoms with Crippen LogP contribution in [-0.2, 0) is 11.3 Å². The van der Waals surface area contributed by atoms with Crippen molar-refractivity contribution in [3.8, 4) is 11.5 Å². The molecular formula is C28H23BClN5O3. The number of hydrogen-bond acceptors (Lipinski definition) is 6. The van der Waals surface area contributed by atoms with Crippen LogP contribution in [0.2, 0.25) is 0 Å². The summed E-state index contributed by atoms with van der Waals surface area (Å²) in [5.74, 6) is 1.64. The summed E-state index contributed by atoms with van der Waals surface area (Å²) < 4.78 is 13.2. The van der Waals surface area contributed by atoms with Gasteiger partial charge in [0.25, 0.3) is 5.91 Å². The maximum absolute atomic E-state index is 12.8. The van der Waals surface area contributed by atoms with E-state index >= 15 is 0 Å². The Hall–Kier alpha value is -4.24. The number of anilines is 2. The highest BCUT2D eigenvalue weighted by Gasteiger charge is 2.27. The van der Waals surface area contributed by atoms with Crippen LogP contribution in [-0.4, -0.2) is 41.1 Å². The predicted molar refractivity (Wildman–Crippen MR) is 148 cm³/mol. The highest BCUT2D eigenvalue weighted by Crippen LogP contribution is 2.32. The van der Waals surface area contributed by atoms with E-state index < -0.39 is 6.10 Å². The molecule has 188 valence electrons. The Kier molecular flexibility index (Phi) is 6.51. The van der Waals surface area contributed by atoms with Gasteiger partial charge >= 0.3 is 0 Å². The van der Waals surface area contributed by atoms with Gasteiger partial charge in [-0.1, -0.05) is 48.0 Å². The third-order valence-electron chi connectivity index (χ3n) is 6.34. The molecule has 0 saturated carbocycles. The first-order chi connectivity index (χ1) is 18.5. The predicted octanol–water partition coefficient (Wildman–Crippen LogP) is 4.21. The van der Waals surface area contributed by atoms with Crippen molar-refractivity contribution in [1.29, 1.82) is 0 Å². The standard InChI is InChI=1S/C28H23BClN5O3/c29-20-15-32-35-26(13-22(34-27(20)35)19-8-1-2-9-21(19)30)31-14-17-6-5-7-18(12-17)33-28(36)25-16-37-23-10-3-4-11-24(23)38-25/h3-13,15,25,31H,1-2,14,16H2,(H,33,36). The van der Waals surface area contributed by atoms with E-state index in [2.05, 4.69) is 21.8 Å². The first-order valence-electron chi connectivity index (χ1n) is 12.3. The van der Waals surface area contributed by atoms with Crippen LogP contribution in [0.15, 0.2) is 78.0 Å². The summed E-state index contributed by atoms with van der Waals surface area (Å²) >= 11 is 6.47. The van der Waals surface area contributed by atoms with Crippen LogP contribution in [0.25, 0.3) is 11.2 Å². The van der Waals surface area contributed by atoms with E-state index in [1.54, 1.807) is 16.8 Å². The second-order valence-corrected chi connectivity index (χ2v) is 9.42. The summed E-state index contributed by atoms with van der Waals surface area (Å²) in [7, 11) is 6.14. The quantitative estimate of drug-likeness (QED) is 0.368. The lowest BCUT2D eigenvalue weighted by Crippen LogP contribution is -2.40. The molecule has 3 heterocycles. The van der Waals surface area contributed by atoms with Crippen molar-refractivity contribution in [1.82, 2.24) is 14.6 Å². The summed E-state index contributed by atoms with van der Waals surface area (Å²) in [5.41, 5.74) is 4.25. The monoisotopic (exact) mass is 523 g/mol. The number of benzene rings is 2. The van der Waals surface area contributed by atoms with Crippen molar-refractivity contribution < 1.29 is 14.3 Å². The molecule has 2 aromatic heterocycles. The Bertz CT molecular complexity index is 1600. The number of fused-ring (bicyclic) bond motifs is 2. The van der Waals surface area contributed by atoms with Crippen LogP contribution in [0.4, 0.5) is 11.5 Å². The van der Waals surface area contributed by atoms with Crippen LogP contribution in [0, 0.1) is 0 Å². The summed E-state index contributed by atoms with van der Waals surface area (Å²) in [6.45, 7) is 0.619. The fourth-order valence-corrected chi connectivity index (χ4v) is 4.72. The number of halogens is 1. The molecule has 1 atom stereocenters. The summed E-state index contributed by atoms with van der Waals surface area (Å²) in [4.78, 5) is 17.6. The molecule has 0 fully saturated rings. The molecular weight excluding hydrogens is 501 g/mol. The number of para-hydroxylation sites is 2. The number of carbonyl (C=O) groups is 1. The third kappa shape index (κ3) is 4.85. The highest BCUT2D eigenvalue weighted by molar-refractivity contribution is 6.37. The Balaban J connectivity index is 1.18. The smallest absolute Gasteiger partial charge is 0.269 e.